The molecule has 0 aliphatic carbocycles. The highest BCUT2D eigenvalue weighted by atomic mass is 16.6. The lowest BCUT2D eigenvalue weighted by Gasteiger charge is -2.35. The van der Waals surface area contributed by atoms with Gasteiger partial charge in [-0.05, 0) is 24.3 Å². The predicted molar refractivity (Wildman–Crippen MR) is 110 cm³/mol. The van der Waals surface area contributed by atoms with Crippen LogP contribution in [0.2, 0.25) is 0 Å². The van der Waals surface area contributed by atoms with Crippen LogP contribution in [0, 0.1) is 10.1 Å². The Morgan fingerprint density at radius 3 is 2.37 bits per heavy atom. The van der Waals surface area contributed by atoms with Crippen molar-refractivity contribution in [1.82, 2.24) is 29.9 Å². The molecule has 4 heterocycles. The number of aromatic nitrogens is 6. The minimum atomic E-state index is -0.452. The lowest BCUT2D eigenvalue weighted by molar-refractivity contribution is -0.384. The normalized spacial score (nSPS) is 14.3. The van der Waals surface area contributed by atoms with Gasteiger partial charge in [0.15, 0.2) is 0 Å². The summed E-state index contributed by atoms with van der Waals surface area (Å²) in [6.07, 6.45) is 3.09. The number of pyridine rings is 1. The van der Waals surface area contributed by atoms with Gasteiger partial charge < -0.3 is 9.80 Å². The van der Waals surface area contributed by atoms with Crippen molar-refractivity contribution < 1.29 is 4.92 Å². The molecular formula is C19H17N9O2. The molecule has 1 fully saturated rings. The van der Waals surface area contributed by atoms with Crippen molar-refractivity contribution in [1.29, 1.82) is 0 Å². The highest BCUT2D eigenvalue weighted by Crippen LogP contribution is 2.32. The van der Waals surface area contributed by atoms with E-state index in [9.17, 15) is 10.1 Å². The van der Waals surface area contributed by atoms with Crippen LogP contribution >= 0.6 is 0 Å². The Labute approximate surface area is 170 Å². The second kappa shape index (κ2) is 7.35. The van der Waals surface area contributed by atoms with Crippen LogP contribution in [-0.4, -0.2) is 61.0 Å². The van der Waals surface area contributed by atoms with E-state index in [0.717, 1.165) is 5.82 Å². The predicted octanol–water partition coefficient (Wildman–Crippen LogP) is 1.84. The molecule has 11 heteroatoms. The monoisotopic (exact) mass is 403 g/mol. The highest BCUT2D eigenvalue weighted by molar-refractivity contribution is 5.78. The molecule has 5 rings (SSSR count). The summed E-state index contributed by atoms with van der Waals surface area (Å²) in [5.41, 5.74) is 1.10. The smallest absolute Gasteiger partial charge is 0.353 e. The van der Waals surface area contributed by atoms with E-state index in [1.165, 1.54) is 11.0 Å². The fraction of sp³-hybridized carbons (Fsp3) is 0.211. The molecule has 1 aliphatic rings. The van der Waals surface area contributed by atoms with E-state index in [2.05, 4.69) is 30.2 Å². The van der Waals surface area contributed by atoms with Crippen LogP contribution in [0.3, 0.4) is 0 Å². The average Bonchev–Trinajstić information content (AvgIpc) is 3.23. The van der Waals surface area contributed by atoms with Gasteiger partial charge in [0.25, 0.3) is 0 Å². The van der Waals surface area contributed by atoms with Crippen molar-refractivity contribution in [3.05, 3.63) is 65.1 Å². The Bertz CT molecular complexity index is 1200. The van der Waals surface area contributed by atoms with Gasteiger partial charge >= 0.3 is 5.69 Å². The first-order valence-corrected chi connectivity index (χ1v) is 9.43. The summed E-state index contributed by atoms with van der Waals surface area (Å²) in [6.45, 7) is 2.51. The molecule has 0 unspecified atom stereocenters. The number of rotatable bonds is 4. The maximum atomic E-state index is 12.0. The molecule has 1 saturated heterocycles. The Hall–Kier alpha value is -4.15. The molecule has 0 radical (unpaired) electrons. The first kappa shape index (κ1) is 17.9. The summed E-state index contributed by atoms with van der Waals surface area (Å²) in [7, 11) is 0. The van der Waals surface area contributed by atoms with Crippen LogP contribution in [-0.2, 0) is 0 Å². The third-order valence-corrected chi connectivity index (χ3v) is 5.07. The number of para-hydroxylation sites is 1. The molecule has 4 aromatic rings. The van der Waals surface area contributed by atoms with Crippen LogP contribution < -0.4 is 9.80 Å². The summed E-state index contributed by atoms with van der Waals surface area (Å²) in [6, 6.07) is 13.0. The fourth-order valence-electron chi connectivity index (χ4n) is 3.62. The van der Waals surface area contributed by atoms with Crippen molar-refractivity contribution in [3.63, 3.8) is 0 Å². The van der Waals surface area contributed by atoms with Gasteiger partial charge in [-0.1, -0.05) is 23.4 Å². The number of anilines is 2. The number of piperazine rings is 1. The van der Waals surface area contributed by atoms with E-state index in [4.69, 9.17) is 0 Å². The molecule has 150 valence electrons. The summed E-state index contributed by atoms with van der Waals surface area (Å²) in [5.74, 6) is 1.28. The number of nitro groups is 1. The third-order valence-electron chi connectivity index (χ3n) is 5.07. The van der Waals surface area contributed by atoms with Crippen molar-refractivity contribution in [2.24, 2.45) is 0 Å². The zero-order valence-corrected chi connectivity index (χ0v) is 15.9. The van der Waals surface area contributed by atoms with Gasteiger partial charge in [0.2, 0.25) is 11.6 Å². The number of hydrogen-bond acceptors (Lipinski definition) is 9. The molecule has 30 heavy (non-hydrogen) atoms. The zero-order valence-electron chi connectivity index (χ0n) is 15.9. The third kappa shape index (κ3) is 3.05. The van der Waals surface area contributed by atoms with Gasteiger partial charge in [0, 0.05) is 32.4 Å². The summed E-state index contributed by atoms with van der Waals surface area (Å²) in [5, 5.41) is 20.2. The maximum Gasteiger partial charge on any atom is 0.355 e. The Morgan fingerprint density at radius 2 is 1.60 bits per heavy atom. The molecular weight excluding hydrogens is 386 g/mol. The first-order chi connectivity index (χ1) is 14.7. The molecule has 0 N–H and O–H groups in total. The SMILES string of the molecule is O=[N+]([O-])c1c(N2CCN(c3ccccn3)CC2)ncnc1-n1nnc2ccccc21. The van der Waals surface area contributed by atoms with Gasteiger partial charge in [-0.25, -0.2) is 15.0 Å². The number of hydrogen-bond donors (Lipinski definition) is 0. The van der Waals surface area contributed by atoms with Crippen LogP contribution in [0.1, 0.15) is 0 Å². The highest BCUT2D eigenvalue weighted by Gasteiger charge is 2.31. The Balaban J connectivity index is 1.50. The summed E-state index contributed by atoms with van der Waals surface area (Å²) in [4.78, 5) is 28.4. The van der Waals surface area contributed by atoms with Crippen molar-refractivity contribution in [3.8, 4) is 5.82 Å². The second-order valence-corrected chi connectivity index (χ2v) is 6.78. The number of nitrogens with zero attached hydrogens (tertiary/aromatic N) is 9. The molecule has 0 amide bonds. The van der Waals surface area contributed by atoms with Gasteiger partial charge in [-0.3, -0.25) is 10.1 Å². The molecule has 11 nitrogen and oxygen atoms in total. The molecule has 0 spiro atoms. The van der Waals surface area contributed by atoms with Crippen molar-refractivity contribution in [2.75, 3.05) is 36.0 Å². The standard InChI is InChI=1S/C19H17N9O2/c29-28(30)17-18(26-11-9-25(10-12-26)16-7-3-4-8-20-16)21-13-22-19(17)27-15-6-2-1-5-14(15)23-24-27/h1-8,13H,9-12H2. The van der Waals surface area contributed by atoms with E-state index in [0.29, 0.717) is 37.2 Å². The average molecular weight is 403 g/mol. The zero-order chi connectivity index (χ0) is 20.5. The van der Waals surface area contributed by atoms with Crippen molar-refractivity contribution in [2.45, 2.75) is 0 Å². The molecule has 0 atom stereocenters. The molecule has 3 aromatic heterocycles. The van der Waals surface area contributed by atoms with Crippen LogP contribution in [0.5, 0.6) is 0 Å². The summed E-state index contributed by atoms with van der Waals surface area (Å²) >= 11 is 0. The van der Waals surface area contributed by atoms with E-state index >= 15 is 0 Å². The van der Waals surface area contributed by atoms with Crippen LogP contribution in [0.25, 0.3) is 16.9 Å². The van der Waals surface area contributed by atoms with Crippen molar-refractivity contribution >= 4 is 28.4 Å². The number of fused-ring (bicyclic) bond motifs is 1. The van der Waals surface area contributed by atoms with Gasteiger partial charge in [-0.2, -0.15) is 4.68 Å². The van der Waals surface area contributed by atoms with Crippen LogP contribution in [0.4, 0.5) is 17.3 Å². The first-order valence-electron chi connectivity index (χ1n) is 9.43. The Morgan fingerprint density at radius 1 is 0.867 bits per heavy atom. The lowest BCUT2D eigenvalue weighted by atomic mass is 10.2. The molecule has 0 bridgehead atoms. The van der Waals surface area contributed by atoms with Gasteiger partial charge in [-0.15, -0.1) is 5.10 Å². The van der Waals surface area contributed by atoms with E-state index in [1.807, 2.05) is 35.2 Å². The Kier molecular flexibility index (Phi) is 4.39. The minimum absolute atomic E-state index is 0.103. The molecule has 1 aliphatic heterocycles. The number of benzene rings is 1. The largest absolute Gasteiger partial charge is 0.355 e. The maximum absolute atomic E-state index is 12.0. The topological polar surface area (TPSA) is 119 Å². The minimum Gasteiger partial charge on any atom is -0.353 e. The van der Waals surface area contributed by atoms with E-state index in [1.54, 1.807) is 18.3 Å². The van der Waals surface area contributed by atoms with Gasteiger partial charge in [0.1, 0.15) is 17.7 Å². The summed E-state index contributed by atoms with van der Waals surface area (Å²) < 4.78 is 1.39. The fourth-order valence-corrected chi connectivity index (χ4v) is 3.62. The van der Waals surface area contributed by atoms with Crippen LogP contribution in [0.15, 0.2) is 55.0 Å². The molecule has 0 saturated carbocycles. The van der Waals surface area contributed by atoms with E-state index < -0.39 is 4.92 Å². The molecule has 1 aromatic carbocycles. The lowest BCUT2D eigenvalue weighted by Crippen LogP contribution is -2.47. The quantitative estimate of drug-likeness (QED) is 0.371. The second-order valence-electron chi connectivity index (χ2n) is 6.78. The van der Waals surface area contributed by atoms with Gasteiger partial charge in [0.05, 0.1) is 10.4 Å². The van der Waals surface area contributed by atoms with E-state index in [-0.39, 0.29) is 17.3 Å².